The van der Waals surface area contributed by atoms with Crippen molar-refractivity contribution in [2.75, 3.05) is 18.4 Å². The highest BCUT2D eigenvalue weighted by Crippen LogP contribution is 2.32. The number of nitrogens with zero attached hydrogens (tertiary/aromatic N) is 4. The van der Waals surface area contributed by atoms with Crippen molar-refractivity contribution in [3.63, 3.8) is 0 Å². The molecule has 2 N–H and O–H groups in total. The number of nitrogens with one attached hydrogen (secondary N) is 1. The number of phenolic OH excluding ortho intramolecular Hbond substituents is 1. The molecule has 1 aromatic heterocycles. The highest BCUT2D eigenvalue weighted by atomic mass is 16.6. The second-order valence-corrected chi connectivity index (χ2v) is 9.27. The zero-order valence-corrected chi connectivity index (χ0v) is 20.2. The van der Waals surface area contributed by atoms with Crippen LogP contribution >= 0.6 is 0 Å². The maximum atomic E-state index is 11.2. The minimum atomic E-state index is -0.497. The number of hydrogen-bond acceptors (Lipinski definition) is 8. The van der Waals surface area contributed by atoms with E-state index in [0.717, 1.165) is 56.4 Å². The first-order chi connectivity index (χ1) is 17.5. The summed E-state index contributed by atoms with van der Waals surface area (Å²) in [5.41, 5.74) is 5.39. The second kappa shape index (κ2) is 10.3. The van der Waals surface area contributed by atoms with E-state index in [1.54, 1.807) is 12.1 Å². The molecule has 0 radical (unpaired) electrons. The number of fused-ring (bicyclic) bond motifs is 2. The summed E-state index contributed by atoms with van der Waals surface area (Å²) in [6.45, 7) is 4.25. The molecule has 36 heavy (non-hydrogen) atoms. The van der Waals surface area contributed by atoms with Gasteiger partial charge in [-0.25, -0.2) is 4.63 Å². The van der Waals surface area contributed by atoms with Gasteiger partial charge in [-0.2, -0.15) is 0 Å². The Balaban J connectivity index is 1.23. The van der Waals surface area contributed by atoms with Crippen LogP contribution in [0.2, 0.25) is 0 Å². The third-order valence-corrected chi connectivity index (χ3v) is 6.97. The summed E-state index contributed by atoms with van der Waals surface area (Å²) in [5, 5.41) is 32.1. The number of phenols is 1. The summed E-state index contributed by atoms with van der Waals surface area (Å²) in [5.74, 6) is 0.427. The van der Waals surface area contributed by atoms with Crippen molar-refractivity contribution in [2.45, 2.75) is 45.1 Å². The number of anilines is 2. The molecule has 0 spiro atoms. The molecule has 3 aromatic carbocycles. The van der Waals surface area contributed by atoms with Crippen LogP contribution in [-0.4, -0.2) is 44.4 Å². The van der Waals surface area contributed by atoms with Gasteiger partial charge in [0.15, 0.2) is 5.52 Å². The number of non-ortho nitro benzene ring substituents is 1. The molecule has 1 aliphatic rings. The number of rotatable bonds is 9. The van der Waals surface area contributed by atoms with Gasteiger partial charge in [-0.1, -0.05) is 31.2 Å². The van der Waals surface area contributed by atoms with E-state index < -0.39 is 4.92 Å². The van der Waals surface area contributed by atoms with Crippen LogP contribution in [0.5, 0.6) is 5.75 Å². The molecular weight excluding hydrogens is 458 g/mol. The molecule has 0 saturated heterocycles. The van der Waals surface area contributed by atoms with Crippen molar-refractivity contribution in [3.05, 3.63) is 81.4 Å². The Morgan fingerprint density at radius 1 is 1.11 bits per heavy atom. The molecule has 0 amide bonds. The molecular formula is C27H29N5O4. The standard InChI is InChI=1S/C27H29N5O4/c1-2-15-31(21-10-11-22-19(17-21)4-3-5-25(22)33)16-14-18-6-8-20(9-7-18)28-23-12-13-24(32(34)35)27-26(23)29-36-30-27/h3-9,12-13,21,28,33H,2,10-11,14-17H2,1H3/t21-/m1/s1. The molecule has 0 saturated carbocycles. The maximum absolute atomic E-state index is 11.2. The Bertz CT molecular complexity index is 1370. The van der Waals surface area contributed by atoms with E-state index in [-0.39, 0.29) is 11.2 Å². The van der Waals surface area contributed by atoms with Crippen molar-refractivity contribution in [2.24, 2.45) is 0 Å². The third-order valence-electron chi connectivity index (χ3n) is 6.97. The first-order valence-corrected chi connectivity index (χ1v) is 12.3. The van der Waals surface area contributed by atoms with E-state index in [0.29, 0.717) is 23.0 Å². The lowest BCUT2D eigenvalue weighted by molar-refractivity contribution is -0.383. The Morgan fingerprint density at radius 2 is 1.92 bits per heavy atom. The second-order valence-electron chi connectivity index (χ2n) is 9.27. The first kappa shape index (κ1) is 23.7. The molecule has 0 unspecified atom stereocenters. The molecule has 4 aromatic rings. The summed E-state index contributed by atoms with van der Waals surface area (Å²) in [6.07, 6.45) is 5.01. The van der Waals surface area contributed by atoms with Crippen molar-refractivity contribution in [1.29, 1.82) is 0 Å². The summed E-state index contributed by atoms with van der Waals surface area (Å²) in [7, 11) is 0. The predicted octanol–water partition coefficient (Wildman–Crippen LogP) is 5.39. The Kier molecular flexibility index (Phi) is 6.81. The molecule has 0 bridgehead atoms. The van der Waals surface area contributed by atoms with Gasteiger partial charge in [0, 0.05) is 24.3 Å². The van der Waals surface area contributed by atoms with Crippen LogP contribution in [0.25, 0.3) is 11.0 Å². The third kappa shape index (κ3) is 4.87. The number of nitro groups is 1. The summed E-state index contributed by atoms with van der Waals surface area (Å²) >= 11 is 0. The summed E-state index contributed by atoms with van der Waals surface area (Å²) in [4.78, 5) is 13.3. The average molecular weight is 488 g/mol. The smallest absolute Gasteiger partial charge is 0.300 e. The van der Waals surface area contributed by atoms with Gasteiger partial charge in [0.05, 0.1) is 10.6 Å². The normalized spacial score (nSPS) is 15.2. The number of aromatic hydroxyl groups is 1. The van der Waals surface area contributed by atoms with Crippen LogP contribution in [-0.2, 0) is 19.3 Å². The fourth-order valence-corrected chi connectivity index (χ4v) is 5.13. The zero-order valence-electron chi connectivity index (χ0n) is 20.2. The number of nitro benzene ring substituents is 1. The number of aromatic nitrogens is 2. The fraction of sp³-hybridized carbons (Fsp3) is 0.333. The van der Waals surface area contributed by atoms with Gasteiger partial charge in [0.25, 0.3) is 0 Å². The van der Waals surface area contributed by atoms with Gasteiger partial charge in [-0.3, -0.25) is 15.0 Å². The van der Waals surface area contributed by atoms with Crippen molar-refractivity contribution in [3.8, 4) is 5.75 Å². The quantitative estimate of drug-likeness (QED) is 0.238. The molecule has 0 fully saturated rings. The van der Waals surface area contributed by atoms with E-state index in [9.17, 15) is 15.2 Å². The minimum Gasteiger partial charge on any atom is -0.508 e. The lowest BCUT2D eigenvalue weighted by atomic mass is 9.86. The van der Waals surface area contributed by atoms with Gasteiger partial charge < -0.3 is 10.4 Å². The van der Waals surface area contributed by atoms with Crippen LogP contribution in [0, 0.1) is 10.1 Å². The molecule has 9 nitrogen and oxygen atoms in total. The molecule has 1 aliphatic carbocycles. The van der Waals surface area contributed by atoms with E-state index in [1.807, 2.05) is 18.2 Å². The molecule has 186 valence electrons. The van der Waals surface area contributed by atoms with Crippen LogP contribution in [0.15, 0.2) is 59.2 Å². The summed E-state index contributed by atoms with van der Waals surface area (Å²) < 4.78 is 4.74. The lowest BCUT2D eigenvalue weighted by Gasteiger charge is -2.35. The van der Waals surface area contributed by atoms with Crippen molar-refractivity contribution < 1.29 is 14.7 Å². The average Bonchev–Trinajstić information content (AvgIpc) is 3.38. The highest BCUT2D eigenvalue weighted by molar-refractivity contribution is 5.94. The van der Waals surface area contributed by atoms with E-state index >= 15 is 0 Å². The van der Waals surface area contributed by atoms with Crippen LogP contribution in [0.1, 0.15) is 36.5 Å². The summed E-state index contributed by atoms with van der Waals surface area (Å²) in [6, 6.07) is 17.6. The molecule has 1 heterocycles. The van der Waals surface area contributed by atoms with E-state index in [4.69, 9.17) is 4.63 Å². The van der Waals surface area contributed by atoms with E-state index in [2.05, 4.69) is 45.7 Å². The maximum Gasteiger partial charge on any atom is 0.300 e. The molecule has 1 atom stereocenters. The van der Waals surface area contributed by atoms with Crippen molar-refractivity contribution in [1.82, 2.24) is 15.2 Å². The van der Waals surface area contributed by atoms with Crippen LogP contribution < -0.4 is 5.32 Å². The Hall–Kier alpha value is -3.98. The molecule has 9 heteroatoms. The fourth-order valence-electron chi connectivity index (χ4n) is 5.13. The van der Waals surface area contributed by atoms with Crippen molar-refractivity contribution >= 4 is 28.1 Å². The van der Waals surface area contributed by atoms with Crippen LogP contribution in [0.4, 0.5) is 17.1 Å². The van der Waals surface area contributed by atoms with Gasteiger partial charge in [-0.05, 0) is 89.9 Å². The number of hydrogen-bond donors (Lipinski definition) is 2. The Morgan fingerprint density at radius 3 is 2.69 bits per heavy atom. The van der Waals surface area contributed by atoms with Gasteiger partial charge in [0.2, 0.25) is 5.52 Å². The van der Waals surface area contributed by atoms with E-state index in [1.165, 1.54) is 17.2 Å². The highest BCUT2D eigenvalue weighted by Gasteiger charge is 2.25. The monoisotopic (exact) mass is 487 g/mol. The van der Waals surface area contributed by atoms with Crippen LogP contribution in [0.3, 0.4) is 0 Å². The van der Waals surface area contributed by atoms with Gasteiger partial charge in [0.1, 0.15) is 5.75 Å². The minimum absolute atomic E-state index is 0.123. The van der Waals surface area contributed by atoms with Gasteiger partial charge >= 0.3 is 5.69 Å². The Labute approximate surface area is 208 Å². The topological polar surface area (TPSA) is 118 Å². The first-order valence-electron chi connectivity index (χ1n) is 12.3. The largest absolute Gasteiger partial charge is 0.508 e. The van der Waals surface area contributed by atoms with Gasteiger partial charge in [-0.15, -0.1) is 0 Å². The zero-order chi connectivity index (χ0) is 25.1. The molecule has 0 aliphatic heterocycles. The lowest BCUT2D eigenvalue weighted by Crippen LogP contribution is -2.41. The predicted molar refractivity (Wildman–Crippen MR) is 138 cm³/mol. The number of benzene rings is 3. The SMILES string of the molecule is CCCN(CCc1ccc(Nc2ccc([N+](=O)[O-])c3nonc23)cc1)[C@@H]1CCc2c(O)cccc2C1. The molecule has 5 rings (SSSR count).